The van der Waals surface area contributed by atoms with Crippen LogP contribution < -0.4 is 0 Å². The minimum Gasteiger partial charge on any atom is -0.126 e. The van der Waals surface area contributed by atoms with Crippen molar-refractivity contribution in [2.45, 2.75) is 26.7 Å². The third-order valence-corrected chi connectivity index (χ3v) is 1.57. The highest BCUT2D eigenvalue weighted by molar-refractivity contribution is 6.18. The first-order valence-electron chi connectivity index (χ1n) is 2.87. The van der Waals surface area contributed by atoms with Crippen LogP contribution in [0.1, 0.15) is 26.7 Å². The number of rotatable bonds is 3. The van der Waals surface area contributed by atoms with Gasteiger partial charge in [-0.15, -0.1) is 11.6 Å². The van der Waals surface area contributed by atoms with Crippen LogP contribution in [0.3, 0.4) is 0 Å². The van der Waals surface area contributed by atoms with Gasteiger partial charge in [-0.1, -0.05) is 20.3 Å². The molecule has 0 nitrogen and oxygen atoms in total. The Labute approximate surface area is 50.9 Å². The van der Waals surface area contributed by atoms with Crippen molar-refractivity contribution < 1.29 is 0 Å². The largest absolute Gasteiger partial charge is 0.126 e. The van der Waals surface area contributed by atoms with Gasteiger partial charge in [0.1, 0.15) is 0 Å². The van der Waals surface area contributed by atoms with Crippen molar-refractivity contribution in [2.24, 2.45) is 5.92 Å². The lowest BCUT2D eigenvalue weighted by atomic mass is 10.1. The summed E-state index contributed by atoms with van der Waals surface area (Å²) >= 11 is 5.53. The minimum absolute atomic E-state index is 0.715. The number of hydrogen-bond donors (Lipinski definition) is 0. The lowest BCUT2D eigenvalue weighted by Gasteiger charge is -2.01. The quantitative estimate of drug-likeness (QED) is 0.503. The molecule has 1 heteroatoms. The van der Waals surface area contributed by atoms with Gasteiger partial charge in [-0.05, 0) is 12.3 Å². The van der Waals surface area contributed by atoms with E-state index in [0.717, 1.165) is 5.88 Å². The monoisotopic (exact) mass is 120 g/mol. The molecule has 0 radical (unpaired) electrons. The van der Waals surface area contributed by atoms with Crippen molar-refractivity contribution in [3.8, 4) is 0 Å². The standard InChI is InChI=1S/C6H13Cl/c1-3-4-6(2)5-7/h6H,3-5H2,1-2H3/t6-/m1/s1. The molecule has 0 saturated heterocycles. The normalized spacial score (nSPS) is 14.1. The summed E-state index contributed by atoms with van der Waals surface area (Å²) in [6, 6.07) is 0. The molecule has 7 heavy (non-hydrogen) atoms. The van der Waals surface area contributed by atoms with Crippen molar-refractivity contribution >= 4 is 11.6 Å². The maximum absolute atomic E-state index is 5.53. The molecular formula is C6H13Cl. The first-order valence-corrected chi connectivity index (χ1v) is 3.40. The lowest BCUT2D eigenvalue weighted by molar-refractivity contribution is 0.582. The molecule has 0 unspecified atom stereocenters. The second-order valence-electron chi connectivity index (χ2n) is 2.05. The molecule has 0 aromatic heterocycles. The molecule has 0 aromatic rings. The van der Waals surface area contributed by atoms with Crippen LogP contribution in [0.15, 0.2) is 0 Å². The molecule has 0 aliphatic heterocycles. The van der Waals surface area contributed by atoms with Crippen LogP contribution in [0.2, 0.25) is 0 Å². The zero-order chi connectivity index (χ0) is 5.70. The van der Waals surface area contributed by atoms with Gasteiger partial charge in [0, 0.05) is 5.88 Å². The van der Waals surface area contributed by atoms with Crippen LogP contribution in [0.25, 0.3) is 0 Å². The van der Waals surface area contributed by atoms with E-state index >= 15 is 0 Å². The van der Waals surface area contributed by atoms with E-state index in [1.54, 1.807) is 0 Å². The van der Waals surface area contributed by atoms with Crippen molar-refractivity contribution in [2.75, 3.05) is 5.88 Å². The van der Waals surface area contributed by atoms with Crippen molar-refractivity contribution in [3.05, 3.63) is 0 Å². The molecule has 0 bridgehead atoms. The minimum atomic E-state index is 0.715. The number of halogens is 1. The van der Waals surface area contributed by atoms with Crippen LogP contribution in [-0.2, 0) is 0 Å². The number of alkyl halides is 1. The van der Waals surface area contributed by atoms with Gasteiger partial charge >= 0.3 is 0 Å². The Kier molecular flexibility index (Phi) is 4.63. The summed E-state index contributed by atoms with van der Waals surface area (Å²) in [4.78, 5) is 0. The fourth-order valence-corrected chi connectivity index (χ4v) is 0.724. The predicted molar refractivity (Wildman–Crippen MR) is 34.8 cm³/mol. The zero-order valence-corrected chi connectivity index (χ0v) is 5.83. The van der Waals surface area contributed by atoms with Gasteiger partial charge in [-0.25, -0.2) is 0 Å². The summed E-state index contributed by atoms with van der Waals surface area (Å²) in [6.45, 7) is 4.36. The van der Waals surface area contributed by atoms with Gasteiger partial charge in [0.15, 0.2) is 0 Å². The third kappa shape index (κ3) is 4.14. The van der Waals surface area contributed by atoms with E-state index in [1.165, 1.54) is 12.8 Å². The maximum atomic E-state index is 5.53. The average Bonchev–Trinajstić information content (AvgIpc) is 1.68. The molecule has 0 rings (SSSR count). The second-order valence-corrected chi connectivity index (χ2v) is 2.36. The predicted octanol–water partition coefficient (Wildman–Crippen LogP) is 2.66. The van der Waals surface area contributed by atoms with Gasteiger partial charge < -0.3 is 0 Å². The van der Waals surface area contributed by atoms with Crippen LogP contribution in [0.5, 0.6) is 0 Å². The number of hydrogen-bond acceptors (Lipinski definition) is 0. The molecule has 0 saturated carbocycles. The summed E-state index contributed by atoms with van der Waals surface area (Å²) < 4.78 is 0. The SMILES string of the molecule is CCC[C@@H](C)CCl. The zero-order valence-electron chi connectivity index (χ0n) is 5.08. The van der Waals surface area contributed by atoms with E-state index in [1.807, 2.05) is 0 Å². The fourth-order valence-electron chi connectivity index (χ4n) is 0.570. The Balaban J connectivity index is 2.83. The molecule has 0 fully saturated rings. The van der Waals surface area contributed by atoms with Crippen LogP contribution in [0, 0.1) is 5.92 Å². The van der Waals surface area contributed by atoms with Crippen LogP contribution in [-0.4, -0.2) is 5.88 Å². The smallest absolute Gasteiger partial charge is 0.0249 e. The summed E-state index contributed by atoms with van der Waals surface area (Å²) in [6.07, 6.45) is 2.53. The Hall–Kier alpha value is 0.290. The molecule has 0 heterocycles. The fraction of sp³-hybridized carbons (Fsp3) is 1.00. The van der Waals surface area contributed by atoms with Gasteiger partial charge in [0.25, 0.3) is 0 Å². The van der Waals surface area contributed by atoms with Crippen LogP contribution in [0.4, 0.5) is 0 Å². The Morgan fingerprint density at radius 3 is 2.29 bits per heavy atom. The molecule has 0 aliphatic carbocycles. The van der Waals surface area contributed by atoms with Crippen LogP contribution >= 0.6 is 11.6 Å². The van der Waals surface area contributed by atoms with Crippen molar-refractivity contribution in [1.29, 1.82) is 0 Å². The molecule has 0 N–H and O–H groups in total. The molecule has 0 amide bonds. The summed E-state index contributed by atoms with van der Waals surface area (Å²) in [5, 5.41) is 0. The van der Waals surface area contributed by atoms with Gasteiger partial charge in [-0.3, -0.25) is 0 Å². The first-order chi connectivity index (χ1) is 3.31. The van der Waals surface area contributed by atoms with E-state index in [2.05, 4.69) is 13.8 Å². The van der Waals surface area contributed by atoms with Gasteiger partial charge in [0.05, 0.1) is 0 Å². The van der Waals surface area contributed by atoms with Crippen molar-refractivity contribution in [3.63, 3.8) is 0 Å². The first kappa shape index (κ1) is 7.29. The third-order valence-electron chi connectivity index (χ3n) is 1.04. The lowest BCUT2D eigenvalue weighted by Crippen LogP contribution is -1.92. The highest BCUT2D eigenvalue weighted by Gasteiger charge is 1.94. The summed E-state index contributed by atoms with van der Waals surface area (Å²) in [5.41, 5.74) is 0. The molecule has 0 aliphatic rings. The van der Waals surface area contributed by atoms with E-state index < -0.39 is 0 Å². The second kappa shape index (κ2) is 4.45. The highest BCUT2D eigenvalue weighted by Crippen LogP contribution is 2.05. The average molecular weight is 121 g/mol. The van der Waals surface area contributed by atoms with E-state index in [9.17, 15) is 0 Å². The molecular weight excluding hydrogens is 108 g/mol. The summed E-state index contributed by atoms with van der Waals surface area (Å²) in [7, 11) is 0. The molecule has 0 spiro atoms. The van der Waals surface area contributed by atoms with Crippen molar-refractivity contribution in [1.82, 2.24) is 0 Å². The molecule has 1 atom stereocenters. The Bertz CT molecular complexity index is 35.2. The molecule has 44 valence electrons. The van der Waals surface area contributed by atoms with Gasteiger partial charge in [-0.2, -0.15) is 0 Å². The van der Waals surface area contributed by atoms with E-state index in [-0.39, 0.29) is 0 Å². The molecule has 0 aromatic carbocycles. The Morgan fingerprint density at radius 2 is 2.14 bits per heavy atom. The highest BCUT2D eigenvalue weighted by atomic mass is 35.5. The van der Waals surface area contributed by atoms with E-state index in [0.29, 0.717) is 5.92 Å². The summed E-state index contributed by atoms with van der Waals surface area (Å²) in [5.74, 6) is 1.53. The van der Waals surface area contributed by atoms with Gasteiger partial charge in [0.2, 0.25) is 0 Å². The maximum Gasteiger partial charge on any atom is 0.0249 e. The Morgan fingerprint density at radius 1 is 1.57 bits per heavy atom. The van der Waals surface area contributed by atoms with E-state index in [4.69, 9.17) is 11.6 Å². The topological polar surface area (TPSA) is 0 Å².